The van der Waals surface area contributed by atoms with E-state index in [1.54, 1.807) is 24.3 Å². The third-order valence-corrected chi connectivity index (χ3v) is 6.00. The minimum Gasteiger partial charge on any atom is -0.504 e. The molecule has 0 saturated carbocycles. The van der Waals surface area contributed by atoms with E-state index in [0.29, 0.717) is 48.7 Å². The van der Waals surface area contributed by atoms with Crippen molar-refractivity contribution < 1.29 is 19.4 Å². The van der Waals surface area contributed by atoms with Gasteiger partial charge in [0.15, 0.2) is 11.5 Å². The molecule has 3 rings (SSSR count). The van der Waals surface area contributed by atoms with Gasteiger partial charge < -0.3 is 14.6 Å². The Balaban J connectivity index is 1.80. The fraction of sp³-hybridized carbons (Fsp3) is 0.158. The molecule has 0 spiro atoms. The third kappa shape index (κ3) is 4.01. The van der Waals surface area contributed by atoms with E-state index in [1.165, 1.54) is 19.4 Å². The number of nitrogens with one attached hydrogen (secondary N) is 1. The zero-order valence-electron chi connectivity index (χ0n) is 15.0. The minimum atomic E-state index is -0.457. The SMILES string of the molecule is CCOc1cc(C=NNC(=O)c2sc3c(Cl)c(OC)ccc3c2Cl)ccc1O. The second kappa shape index (κ2) is 8.68. The van der Waals surface area contributed by atoms with Crippen LogP contribution in [0.25, 0.3) is 10.1 Å². The highest BCUT2D eigenvalue weighted by molar-refractivity contribution is 7.22. The van der Waals surface area contributed by atoms with Gasteiger partial charge in [0.1, 0.15) is 15.6 Å². The van der Waals surface area contributed by atoms with Gasteiger partial charge in [-0.3, -0.25) is 4.79 Å². The zero-order valence-corrected chi connectivity index (χ0v) is 17.3. The van der Waals surface area contributed by atoms with Crippen LogP contribution in [-0.2, 0) is 0 Å². The van der Waals surface area contributed by atoms with Gasteiger partial charge in [0, 0.05) is 5.39 Å². The highest BCUT2D eigenvalue weighted by atomic mass is 35.5. The van der Waals surface area contributed by atoms with Gasteiger partial charge in [0.05, 0.1) is 29.7 Å². The monoisotopic (exact) mass is 438 g/mol. The number of fused-ring (bicyclic) bond motifs is 1. The van der Waals surface area contributed by atoms with E-state index >= 15 is 0 Å². The lowest BCUT2D eigenvalue weighted by atomic mass is 10.2. The largest absolute Gasteiger partial charge is 0.504 e. The van der Waals surface area contributed by atoms with Crippen molar-refractivity contribution in [2.24, 2.45) is 5.10 Å². The van der Waals surface area contributed by atoms with Crippen molar-refractivity contribution in [1.29, 1.82) is 0 Å². The van der Waals surface area contributed by atoms with Gasteiger partial charge in [-0.25, -0.2) is 5.43 Å². The van der Waals surface area contributed by atoms with Crippen LogP contribution in [0, 0.1) is 0 Å². The van der Waals surface area contributed by atoms with E-state index in [-0.39, 0.29) is 5.75 Å². The summed E-state index contributed by atoms with van der Waals surface area (Å²) >= 11 is 13.8. The molecule has 0 aliphatic carbocycles. The Hall–Kier alpha value is -2.48. The number of nitrogens with zero attached hydrogens (tertiary/aromatic N) is 1. The number of rotatable bonds is 6. The molecule has 28 heavy (non-hydrogen) atoms. The quantitative estimate of drug-likeness (QED) is 0.415. The molecule has 0 saturated heterocycles. The molecule has 2 aromatic carbocycles. The number of thiophene rings is 1. The summed E-state index contributed by atoms with van der Waals surface area (Å²) in [6, 6.07) is 8.21. The molecule has 3 aromatic rings. The van der Waals surface area contributed by atoms with Crippen LogP contribution in [0.1, 0.15) is 22.2 Å². The normalized spacial score (nSPS) is 11.1. The van der Waals surface area contributed by atoms with Crippen LogP contribution in [0.5, 0.6) is 17.2 Å². The summed E-state index contributed by atoms with van der Waals surface area (Å²) < 4.78 is 11.2. The second-order valence-corrected chi connectivity index (χ2v) is 7.34. The number of phenolic OH excluding ortho intramolecular Hbond substituents is 1. The average molecular weight is 439 g/mol. The van der Waals surface area contributed by atoms with Crippen LogP contribution in [0.3, 0.4) is 0 Å². The van der Waals surface area contributed by atoms with Gasteiger partial charge in [0.25, 0.3) is 5.91 Å². The van der Waals surface area contributed by atoms with Gasteiger partial charge in [-0.2, -0.15) is 5.10 Å². The fourth-order valence-corrected chi connectivity index (χ4v) is 4.27. The Morgan fingerprint density at radius 3 is 2.75 bits per heavy atom. The molecule has 0 atom stereocenters. The first-order valence-corrected chi connectivity index (χ1v) is 9.77. The number of benzene rings is 2. The summed E-state index contributed by atoms with van der Waals surface area (Å²) in [4.78, 5) is 12.8. The number of hydrogen-bond donors (Lipinski definition) is 2. The van der Waals surface area contributed by atoms with E-state index in [4.69, 9.17) is 32.7 Å². The number of aromatic hydroxyl groups is 1. The van der Waals surface area contributed by atoms with Crippen molar-refractivity contribution in [3.05, 3.63) is 50.8 Å². The first kappa shape index (κ1) is 20.3. The summed E-state index contributed by atoms with van der Waals surface area (Å²) in [6.45, 7) is 2.24. The van der Waals surface area contributed by atoms with E-state index in [9.17, 15) is 9.90 Å². The minimum absolute atomic E-state index is 0.0346. The number of ether oxygens (including phenoxy) is 2. The van der Waals surface area contributed by atoms with Gasteiger partial charge >= 0.3 is 0 Å². The van der Waals surface area contributed by atoms with E-state index < -0.39 is 5.91 Å². The predicted octanol–water partition coefficient (Wildman–Crippen LogP) is 5.08. The topological polar surface area (TPSA) is 80.2 Å². The number of hydrazone groups is 1. The molecule has 0 unspecified atom stereocenters. The number of methoxy groups -OCH3 is 1. The Morgan fingerprint density at radius 1 is 1.25 bits per heavy atom. The smallest absolute Gasteiger partial charge is 0.283 e. The van der Waals surface area contributed by atoms with Crippen LogP contribution in [0.15, 0.2) is 35.4 Å². The van der Waals surface area contributed by atoms with Crippen molar-refractivity contribution in [2.75, 3.05) is 13.7 Å². The summed E-state index contributed by atoms with van der Waals surface area (Å²) in [5.74, 6) is 0.428. The number of hydrogen-bond acceptors (Lipinski definition) is 6. The van der Waals surface area contributed by atoms with E-state index in [1.807, 2.05) is 6.92 Å². The Kier molecular flexibility index (Phi) is 6.28. The molecule has 1 aromatic heterocycles. The first-order valence-electron chi connectivity index (χ1n) is 8.20. The van der Waals surface area contributed by atoms with E-state index in [0.717, 1.165) is 11.3 Å². The molecule has 9 heteroatoms. The fourth-order valence-electron chi connectivity index (χ4n) is 2.48. The first-order chi connectivity index (χ1) is 13.5. The van der Waals surface area contributed by atoms with Gasteiger partial charge in [-0.1, -0.05) is 23.2 Å². The van der Waals surface area contributed by atoms with Gasteiger partial charge in [0.2, 0.25) is 0 Å². The molecule has 6 nitrogen and oxygen atoms in total. The number of halogens is 2. The van der Waals surface area contributed by atoms with Crippen molar-refractivity contribution in [1.82, 2.24) is 5.43 Å². The highest BCUT2D eigenvalue weighted by Crippen LogP contribution is 2.42. The van der Waals surface area contributed by atoms with Crippen molar-refractivity contribution >= 4 is 56.7 Å². The van der Waals surface area contributed by atoms with Gasteiger partial charge in [-0.15, -0.1) is 11.3 Å². The van der Waals surface area contributed by atoms with Crippen LogP contribution in [0.4, 0.5) is 0 Å². The van der Waals surface area contributed by atoms with Crippen LogP contribution in [0.2, 0.25) is 10.0 Å². The Morgan fingerprint density at radius 2 is 2.04 bits per heavy atom. The molecule has 2 N–H and O–H groups in total. The molecule has 146 valence electrons. The molecule has 0 aliphatic heterocycles. The maximum Gasteiger partial charge on any atom is 0.283 e. The van der Waals surface area contributed by atoms with Crippen molar-refractivity contribution in [2.45, 2.75) is 6.92 Å². The van der Waals surface area contributed by atoms with Gasteiger partial charge in [-0.05, 0) is 42.8 Å². The Bertz CT molecular complexity index is 1070. The molecular formula is C19H16Cl2N2O4S. The summed E-state index contributed by atoms with van der Waals surface area (Å²) in [7, 11) is 1.52. The van der Waals surface area contributed by atoms with Crippen LogP contribution >= 0.6 is 34.5 Å². The standard InChI is InChI=1S/C19H16Cl2N2O4S/c1-3-27-14-8-10(4-6-12(14)24)9-22-23-19(25)18-15(20)11-5-7-13(26-2)16(21)17(11)28-18/h4-9,24H,3H2,1-2H3,(H,23,25). The predicted molar refractivity (Wildman–Crippen MR) is 113 cm³/mol. The number of carbonyl (C=O) groups excluding carboxylic acids is 1. The molecular weight excluding hydrogens is 423 g/mol. The highest BCUT2D eigenvalue weighted by Gasteiger charge is 2.20. The molecule has 0 aliphatic rings. The maximum absolute atomic E-state index is 12.5. The zero-order chi connectivity index (χ0) is 20.3. The molecule has 1 heterocycles. The molecule has 0 fully saturated rings. The second-order valence-electron chi connectivity index (χ2n) is 5.56. The molecule has 0 bridgehead atoms. The van der Waals surface area contributed by atoms with Crippen molar-refractivity contribution in [3.63, 3.8) is 0 Å². The van der Waals surface area contributed by atoms with Crippen LogP contribution < -0.4 is 14.9 Å². The number of phenols is 1. The van der Waals surface area contributed by atoms with E-state index in [2.05, 4.69) is 10.5 Å². The molecule has 0 radical (unpaired) electrons. The third-order valence-electron chi connectivity index (χ3n) is 3.79. The van der Waals surface area contributed by atoms with Crippen molar-refractivity contribution in [3.8, 4) is 17.2 Å². The number of carbonyl (C=O) groups is 1. The number of amides is 1. The molecule has 1 amide bonds. The lowest BCUT2D eigenvalue weighted by Crippen LogP contribution is -2.16. The Labute approximate surface area is 175 Å². The summed E-state index contributed by atoms with van der Waals surface area (Å²) in [5.41, 5.74) is 3.09. The lowest BCUT2D eigenvalue weighted by Gasteiger charge is -2.05. The lowest BCUT2D eigenvalue weighted by molar-refractivity contribution is 0.0959. The van der Waals surface area contributed by atoms with Crippen LogP contribution in [-0.4, -0.2) is 30.9 Å². The maximum atomic E-state index is 12.5. The summed E-state index contributed by atoms with van der Waals surface area (Å²) in [6.07, 6.45) is 1.44. The average Bonchev–Trinajstić information content (AvgIpc) is 3.02. The summed E-state index contributed by atoms with van der Waals surface area (Å²) in [5, 5.41) is 15.0.